The van der Waals surface area contributed by atoms with Crippen LogP contribution in [0.3, 0.4) is 0 Å². The first-order chi connectivity index (χ1) is 9.93. The van der Waals surface area contributed by atoms with Crippen LogP contribution in [-0.2, 0) is 4.79 Å². The quantitative estimate of drug-likeness (QED) is 0.870. The molecular weight excluding hydrogens is 336 g/mol. The Labute approximate surface area is 132 Å². The van der Waals surface area contributed by atoms with Crippen LogP contribution in [-0.4, -0.2) is 29.6 Å². The van der Waals surface area contributed by atoms with Crippen LogP contribution in [0, 0.1) is 5.92 Å². The Morgan fingerprint density at radius 3 is 2.76 bits per heavy atom. The molecule has 2 atom stereocenters. The molecule has 1 aliphatic rings. The van der Waals surface area contributed by atoms with Crippen molar-refractivity contribution in [3.63, 3.8) is 0 Å². The molecule has 0 saturated carbocycles. The maximum atomic E-state index is 11.6. The van der Waals surface area contributed by atoms with Crippen LogP contribution in [0.25, 0.3) is 0 Å². The first-order valence-corrected chi connectivity index (χ1v) is 7.82. The van der Waals surface area contributed by atoms with Gasteiger partial charge in [0.15, 0.2) is 0 Å². The number of halogens is 1. The second kappa shape index (κ2) is 6.47. The summed E-state index contributed by atoms with van der Waals surface area (Å²) in [5, 5.41) is 9.51. The Morgan fingerprint density at radius 1 is 1.48 bits per heavy atom. The number of anilines is 1. The van der Waals surface area contributed by atoms with Crippen molar-refractivity contribution in [2.45, 2.75) is 32.2 Å². The molecule has 1 heterocycles. The Hall–Kier alpha value is -1.56. The number of amides is 1. The summed E-state index contributed by atoms with van der Waals surface area (Å²) < 4.78 is 0.796. The van der Waals surface area contributed by atoms with Gasteiger partial charge >= 0.3 is 5.97 Å². The molecular formula is C15H19BrN2O3. The molecule has 1 saturated heterocycles. The molecule has 1 fully saturated rings. The van der Waals surface area contributed by atoms with Crippen LogP contribution in [0.4, 0.5) is 5.69 Å². The van der Waals surface area contributed by atoms with Crippen LogP contribution in [0.15, 0.2) is 22.7 Å². The van der Waals surface area contributed by atoms with Gasteiger partial charge in [-0.15, -0.1) is 0 Å². The molecule has 6 heteroatoms. The highest BCUT2D eigenvalue weighted by Crippen LogP contribution is 2.33. The van der Waals surface area contributed by atoms with Gasteiger partial charge in [0.05, 0.1) is 11.3 Å². The third-order valence-corrected chi connectivity index (χ3v) is 4.60. The normalized spacial score (nSPS) is 22.1. The lowest BCUT2D eigenvalue weighted by molar-refractivity contribution is -0.139. The standard InChI is InChI=1S/C15H19BrN2O3/c1-2-9-5-6-18(13(7-9)15(20)21)12-8-10(16)3-4-11(12)14(17)19/h3-4,8-9,13H,2,5-7H2,1H3,(H2,17,19)(H,20,21). The van der Waals surface area contributed by atoms with Gasteiger partial charge in [-0.25, -0.2) is 4.79 Å². The minimum absolute atomic E-state index is 0.361. The number of carbonyl (C=O) groups excluding carboxylic acids is 1. The van der Waals surface area contributed by atoms with Gasteiger partial charge in [-0.3, -0.25) is 4.79 Å². The lowest BCUT2D eigenvalue weighted by atomic mass is 9.88. The van der Waals surface area contributed by atoms with Crippen molar-refractivity contribution >= 4 is 33.5 Å². The minimum atomic E-state index is -0.858. The lowest BCUT2D eigenvalue weighted by Gasteiger charge is -2.39. The van der Waals surface area contributed by atoms with E-state index in [1.54, 1.807) is 23.1 Å². The zero-order valence-corrected chi connectivity index (χ0v) is 13.5. The van der Waals surface area contributed by atoms with E-state index < -0.39 is 17.9 Å². The Morgan fingerprint density at radius 2 is 2.19 bits per heavy atom. The topological polar surface area (TPSA) is 83.6 Å². The summed E-state index contributed by atoms with van der Waals surface area (Å²) in [5.41, 5.74) is 6.37. The summed E-state index contributed by atoms with van der Waals surface area (Å²) in [5.74, 6) is -0.991. The number of nitrogens with two attached hydrogens (primary N) is 1. The number of benzene rings is 1. The monoisotopic (exact) mass is 354 g/mol. The molecule has 0 bridgehead atoms. The van der Waals surface area contributed by atoms with E-state index in [0.29, 0.717) is 30.1 Å². The van der Waals surface area contributed by atoms with Gasteiger partial charge in [-0.05, 0) is 37.0 Å². The van der Waals surface area contributed by atoms with E-state index >= 15 is 0 Å². The Bertz CT molecular complexity index is 562. The molecule has 21 heavy (non-hydrogen) atoms. The number of carboxylic acid groups (broad SMARTS) is 1. The van der Waals surface area contributed by atoms with Crippen molar-refractivity contribution in [3.8, 4) is 0 Å². The maximum Gasteiger partial charge on any atom is 0.326 e. The second-order valence-electron chi connectivity index (χ2n) is 5.37. The third kappa shape index (κ3) is 3.37. The van der Waals surface area contributed by atoms with Crippen molar-refractivity contribution in [2.24, 2.45) is 11.7 Å². The van der Waals surface area contributed by atoms with Crippen molar-refractivity contribution < 1.29 is 14.7 Å². The zero-order valence-electron chi connectivity index (χ0n) is 11.9. The first-order valence-electron chi connectivity index (χ1n) is 7.02. The Balaban J connectivity index is 2.41. The number of carboxylic acids is 1. The molecule has 5 nitrogen and oxygen atoms in total. The van der Waals surface area contributed by atoms with Crippen molar-refractivity contribution in [1.29, 1.82) is 0 Å². The molecule has 3 N–H and O–H groups in total. The number of nitrogens with zero attached hydrogens (tertiary/aromatic N) is 1. The molecule has 0 radical (unpaired) electrons. The van der Waals surface area contributed by atoms with Gasteiger partial charge < -0.3 is 15.7 Å². The number of hydrogen-bond donors (Lipinski definition) is 2. The summed E-state index contributed by atoms with van der Waals surface area (Å²) in [6.07, 6.45) is 2.49. The summed E-state index contributed by atoms with van der Waals surface area (Å²) >= 11 is 3.37. The molecule has 1 amide bonds. The highest BCUT2D eigenvalue weighted by atomic mass is 79.9. The predicted octanol–water partition coefficient (Wildman–Crippen LogP) is 2.63. The molecule has 0 aliphatic carbocycles. The van der Waals surface area contributed by atoms with E-state index in [1.807, 2.05) is 0 Å². The van der Waals surface area contributed by atoms with Gasteiger partial charge in [-0.1, -0.05) is 29.3 Å². The fourth-order valence-electron chi connectivity index (χ4n) is 2.88. The molecule has 114 valence electrons. The largest absolute Gasteiger partial charge is 0.480 e. The summed E-state index contributed by atoms with van der Waals surface area (Å²) in [6, 6.07) is 4.52. The smallest absolute Gasteiger partial charge is 0.326 e. The second-order valence-corrected chi connectivity index (χ2v) is 6.29. The van der Waals surface area contributed by atoms with Gasteiger partial charge in [0, 0.05) is 11.0 Å². The van der Waals surface area contributed by atoms with Crippen molar-refractivity contribution in [1.82, 2.24) is 0 Å². The fourth-order valence-corrected chi connectivity index (χ4v) is 3.23. The van der Waals surface area contributed by atoms with Gasteiger partial charge in [0.1, 0.15) is 6.04 Å². The van der Waals surface area contributed by atoms with Gasteiger partial charge in [0.25, 0.3) is 5.91 Å². The van der Waals surface area contributed by atoms with E-state index in [9.17, 15) is 14.7 Å². The molecule has 1 aromatic rings. The first kappa shape index (κ1) is 15.8. The van der Waals surface area contributed by atoms with E-state index in [1.165, 1.54) is 0 Å². The van der Waals surface area contributed by atoms with E-state index in [0.717, 1.165) is 17.3 Å². The summed E-state index contributed by atoms with van der Waals surface area (Å²) in [4.78, 5) is 25.0. The average molecular weight is 355 g/mol. The molecule has 1 aliphatic heterocycles. The highest BCUT2D eigenvalue weighted by Gasteiger charge is 2.34. The van der Waals surface area contributed by atoms with Crippen LogP contribution >= 0.6 is 15.9 Å². The molecule has 2 rings (SSSR count). The number of rotatable bonds is 4. The van der Waals surface area contributed by atoms with Crippen LogP contribution in [0.1, 0.15) is 36.5 Å². The highest BCUT2D eigenvalue weighted by molar-refractivity contribution is 9.10. The Kier molecular flexibility index (Phi) is 4.88. The van der Waals surface area contributed by atoms with Crippen LogP contribution in [0.5, 0.6) is 0 Å². The predicted molar refractivity (Wildman–Crippen MR) is 84.4 cm³/mol. The van der Waals surface area contributed by atoms with E-state index in [2.05, 4.69) is 22.9 Å². The number of carbonyl (C=O) groups is 2. The lowest BCUT2D eigenvalue weighted by Crippen LogP contribution is -2.48. The van der Waals surface area contributed by atoms with E-state index in [-0.39, 0.29) is 0 Å². The van der Waals surface area contributed by atoms with Crippen molar-refractivity contribution in [3.05, 3.63) is 28.2 Å². The maximum absolute atomic E-state index is 11.6. The summed E-state index contributed by atoms with van der Waals surface area (Å²) in [7, 11) is 0. The molecule has 2 unspecified atom stereocenters. The molecule has 0 spiro atoms. The average Bonchev–Trinajstić information content (AvgIpc) is 2.46. The fraction of sp³-hybridized carbons (Fsp3) is 0.467. The SMILES string of the molecule is CCC1CCN(c2cc(Br)ccc2C(N)=O)C(C(=O)O)C1. The van der Waals surface area contributed by atoms with E-state index in [4.69, 9.17) is 5.73 Å². The third-order valence-electron chi connectivity index (χ3n) is 4.11. The van der Waals surface area contributed by atoms with Crippen LogP contribution in [0.2, 0.25) is 0 Å². The number of piperidine rings is 1. The summed E-state index contributed by atoms with van der Waals surface area (Å²) in [6.45, 7) is 2.69. The van der Waals surface area contributed by atoms with Crippen LogP contribution < -0.4 is 10.6 Å². The number of aliphatic carboxylic acids is 1. The molecule has 0 aromatic heterocycles. The number of hydrogen-bond acceptors (Lipinski definition) is 3. The molecule has 1 aromatic carbocycles. The minimum Gasteiger partial charge on any atom is -0.480 e. The zero-order chi connectivity index (χ0) is 15.6. The number of primary amides is 1. The van der Waals surface area contributed by atoms with Gasteiger partial charge in [0.2, 0.25) is 0 Å². The van der Waals surface area contributed by atoms with Crippen molar-refractivity contribution in [2.75, 3.05) is 11.4 Å². The van der Waals surface area contributed by atoms with Gasteiger partial charge in [-0.2, -0.15) is 0 Å².